The van der Waals surface area contributed by atoms with Crippen LogP contribution >= 0.6 is 11.3 Å². The second-order valence-electron chi connectivity index (χ2n) is 8.86. The summed E-state index contributed by atoms with van der Waals surface area (Å²) in [5, 5.41) is 8.63. The van der Waals surface area contributed by atoms with Gasteiger partial charge in [-0.3, -0.25) is 9.58 Å². The minimum atomic E-state index is 0.156. The highest BCUT2D eigenvalue weighted by molar-refractivity contribution is 7.18. The molecular formula is C22H31N7O2S. The van der Waals surface area contributed by atoms with Crippen LogP contribution in [-0.4, -0.2) is 68.1 Å². The molecule has 172 valence electrons. The highest BCUT2D eigenvalue weighted by Crippen LogP contribution is 2.32. The molecule has 1 aliphatic heterocycles. The van der Waals surface area contributed by atoms with Crippen LogP contribution in [-0.2, 0) is 4.74 Å². The molecule has 2 fully saturated rings. The number of ether oxygens (including phenoxy) is 2. The van der Waals surface area contributed by atoms with Crippen LogP contribution in [0.25, 0.3) is 10.3 Å². The Hall–Kier alpha value is -2.30. The Balaban J connectivity index is 1.30. The number of morpholine rings is 1. The Labute approximate surface area is 192 Å². The molecule has 10 heteroatoms. The number of aryl methyl sites for hydroxylation is 1. The Morgan fingerprint density at radius 1 is 1.12 bits per heavy atom. The van der Waals surface area contributed by atoms with Crippen LogP contribution in [0.2, 0.25) is 0 Å². The number of aromatic nitrogens is 5. The number of hydrogen-bond donors (Lipinski definition) is 1. The largest absolute Gasteiger partial charge is 0.473 e. The summed E-state index contributed by atoms with van der Waals surface area (Å²) in [6.07, 6.45) is 8.26. The monoisotopic (exact) mass is 457 g/mol. The van der Waals surface area contributed by atoms with Gasteiger partial charge in [-0.05, 0) is 46.5 Å². The number of hydrogen-bond acceptors (Lipinski definition) is 9. The SMILES string of the molecule is Cc1nc2c(OC3CCC(N4CCOCC4)CC3)nc(Nc3cnn(C(C)C)c3)nc2s1. The van der Waals surface area contributed by atoms with Gasteiger partial charge in [0.1, 0.15) is 6.10 Å². The molecule has 0 atom stereocenters. The van der Waals surface area contributed by atoms with Gasteiger partial charge in [-0.15, -0.1) is 0 Å². The Kier molecular flexibility index (Phi) is 6.25. The van der Waals surface area contributed by atoms with Gasteiger partial charge in [0.2, 0.25) is 11.8 Å². The number of anilines is 2. The van der Waals surface area contributed by atoms with Crippen LogP contribution in [0.3, 0.4) is 0 Å². The molecule has 0 spiro atoms. The lowest BCUT2D eigenvalue weighted by molar-refractivity contribution is -0.00126. The first-order valence-electron chi connectivity index (χ1n) is 11.5. The summed E-state index contributed by atoms with van der Waals surface area (Å²) in [7, 11) is 0. The molecule has 2 aliphatic rings. The molecule has 1 aliphatic carbocycles. The van der Waals surface area contributed by atoms with Crippen molar-refractivity contribution < 1.29 is 9.47 Å². The molecule has 32 heavy (non-hydrogen) atoms. The minimum absolute atomic E-state index is 0.156. The first-order valence-corrected chi connectivity index (χ1v) is 12.3. The average Bonchev–Trinajstić information content (AvgIpc) is 3.41. The third-order valence-electron chi connectivity index (χ3n) is 6.20. The Morgan fingerprint density at radius 2 is 1.91 bits per heavy atom. The van der Waals surface area contributed by atoms with Gasteiger partial charge in [-0.1, -0.05) is 11.3 Å². The van der Waals surface area contributed by atoms with E-state index in [1.807, 2.05) is 17.8 Å². The van der Waals surface area contributed by atoms with E-state index in [1.54, 1.807) is 17.5 Å². The fourth-order valence-corrected chi connectivity index (χ4v) is 5.26. The van der Waals surface area contributed by atoms with Gasteiger partial charge in [-0.25, -0.2) is 4.98 Å². The fourth-order valence-electron chi connectivity index (χ4n) is 4.48. The molecule has 0 unspecified atom stereocenters. The van der Waals surface area contributed by atoms with Crippen molar-refractivity contribution in [3.8, 4) is 5.88 Å². The number of rotatable bonds is 6. The second-order valence-corrected chi connectivity index (χ2v) is 10.0. The normalized spacial score (nSPS) is 22.5. The summed E-state index contributed by atoms with van der Waals surface area (Å²) >= 11 is 1.56. The van der Waals surface area contributed by atoms with Crippen molar-refractivity contribution in [3.63, 3.8) is 0 Å². The van der Waals surface area contributed by atoms with Crippen molar-refractivity contribution in [1.29, 1.82) is 0 Å². The predicted octanol–water partition coefficient (Wildman–Crippen LogP) is 3.94. The third kappa shape index (κ3) is 4.72. The van der Waals surface area contributed by atoms with Gasteiger partial charge in [0.15, 0.2) is 10.3 Å². The molecule has 1 saturated heterocycles. The van der Waals surface area contributed by atoms with Crippen molar-refractivity contribution in [1.82, 2.24) is 29.6 Å². The van der Waals surface area contributed by atoms with Gasteiger partial charge in [0.25, 0.3) is 0 Å². The first kappa shape index (κ1) is 21.5. The molecular weight excluding hydrogens is 426 g/mol. The predicted molar refractivity (Wildman–Crippen MR) is 125 cm³/mol. The fraction of sp³-hybridized carbons (Fsp3) is 0.636. The van der Waals surface area contributed by atoms with Crippen molar-refractivity contribution in [2.45, 2.75) is 64.6 Å². The molecule has 0 aromatic carbocycles. The summed E-state index contributed by atoms with van der Waals surface area (Å²) in [4.78, 5) is 17.4. The van der Waals surface area contributed by atoms with Crippen molar-refractivity contribution in [3.05, 3.63) is 17.4 Å². The molecule has 0 bridgehead atoms. The Morgan fingerprint density at radius 3 is 2.62 bits per heavy atom. The number of nitrogens with zero attached hydrogens (tertiary/aromatic N) is 6. The molecule has 0 radical (unpaired) electrons. The standard InChI is InChI=1S/C22H31N7O2S/c1-14(2)29-13-16(12-23-29)25-22-26-20(19-21(27-22)32-15(3)24-19)31-18-6-4-17(5-7-18)28-8-10-30-11-9-28/h12-14,17-18H,4-11H2,1-3H3,(H,25,26,27). The maximum Gasteiger partial charge on any atom is 0.246 e. The smallest absolute Gasteiger partial charge is 0.246 e. The third-order valence-corrected chi connectivity index (χ3v) is 7.07. The first-order chi connectivity index (χ1) is 15.5. The van der Waals surface area contributed by atoms with E-state index in [-0.39, 0.29) is 6.10 Å². The summed E-state index contributed by atoms with van der Waals surface area (Å²) in [5.41, 5.74) is 1.61. The summed E-state index contributed by atoms with van der Waals surface area (Å²) in [5.74, 6) is 1.09. The zero-order chi connectivity index (χ0) is 22.1. The summed E-state index contributed by atoms with van der Waals surface area (Å²) in [6, 6.07) is 0.935. The summed E-state index contributed by atoms with van der Waals surface area (Å²) in [6.45, 7) is 9.98. The van der Waals surface area contributed by atoms with E-state index < -0.39 is 0 Å². The number of thiazole rings is 1. The molecule has 3 aromatic heterocycles. The zero-order valence-electron chi connectivity index (χ0n) is 19.0. The molecule has 5 rings (SSSR count). The van der Waals surface area contributed by atoms with Crippen LogP contribution in [0.1, 0.15) is 50.6 Å². The maximum atomic E-state index is 6.43. The highest BCUT2D eigenvalue weighted by Gasteiger charge is 2.29. The highest BCUT2D eigenvalue weighted by atomic mass is 32.1. The zero-order valence-corrected chi connectivity index (χ0v) is 19.8. The molecule has 4 heterocycles. The van der Waals surface area contributed by atoms with E-state index in [2.05, 4.69) is 39.1 Å². The van der Waals surface area contributed by atoms with E-state index in [4.69, 9.17) is 14.5 Å². The molecule has 3 aromatic rings. The van der Waals surface area contributed by atoms with Crippen molar-refractivity contribution in [2.75, 3.05) is 31.6 Å². The van der Waals surface area contributed by atoms with E-state index in [0.29, 0.717) is 23.9 Å². The minimum Gasteiger partial charge on any atom is -0.473 e. The molecule has 0 amide bonds. The van der Waals surface area contributed by atoms with Gasteiger partial charge in [0.05, 0.1) is 30.1 Å². The van der Waals surface area contributed by atoms with E-state index >= 15 is 0 Å². The van der Waals surface area contributed by atoms with Crippen LogP contribution in [0.15, 0.2) is 12.4 Å². The Bertz CT molecular complexity index is 1050. The van der Waals surface area contributed by atoms with Crippen molar-refractivity contribution >= 4 is 33.3 Å². The lowest BCUT2D eigenvalue weighted by Crippen LogP contribution is -2.46. The number of nitrogens with one attached hydrogen (secondary N) is 1. The quantitative estimate of drug-likeness (QED) is 0.595. The lowest BCUT2D eigenvalue weighted by atomic mass is 9.91. The van der Waals surface area contributed by atoms with Crippen LogP contribution in [0.4, 0.5) is 11.6 Å². The van der Waals surface area contributed by atoms with Gasteiger partial charge in [0, 0.05) is 31.4 Å². The van der Waals surface area contributed by atoms with E-state index in [9.17, 15) is 0 Å². The van der Waals surface area contributed by atoms with Crippen LogP contribution < -0.4 is 10.1 Å². The van der Waals surface area contributed by atoms with Crippen LogP contribution in [0, 0.1) is 6.92 Å². The van der Waals surface area contributed by atoms with Crippen molar-refractivity contribution in [2.24, 2.45) is 0 Å². The molecule has 9 nitrogen and oxygen atoms in total. The van der Waals surface area contributed by atoms with Gasteiger partial charge >= 0.3 is 0 Å². The maximum absolute atomic E-state index is 6.43. The van der Waals surface area contributed by atoms with E-state index in [1.165, 1.54) is 0 Å². The lowest BCUT2D eigenvalue weighted by Gasteiger charge is -2.38. The number of fused-ring (bicyclic) bond motifs is 1. The molecule has 1 N–H and O–H groups in total. The second kappa shape index (κ2) is 9.29. The van der Waals surface area contributed by atoms with Crippen LogP contribution in [0.5, 0.6) is 5.88 Å². The van der Waals surface area contributed by atoms with Gasteiger partial charge in [-0.2, -0.15) is 15.1 Å². The molecule has 1 saturated carbocycles. The van der Waals surface area contributed by atoms with Gasteiger partial charge < -0.3 is 14.8 Å². The average molecular weight is 458 g/mol. The summed E-state index contributed by atoms with van der Waals surface area (Å²) < 4.78 is 13.8. The topological polar surface area (TPSA) is 90.2 Å². The van der Waals surface area contributed by atoms with E-state index in [0.717, 1.165) is 73.0 Å².